The van der Waals surface area contributed by atoms with E-state index in [-0.39, 0.29) is 5.75 Å². The van der Waals surface area contributed by atoms with Crippen molar-refractivity contribution in [1.82, 2.24) is 14.1 Å². The van der Waals surface area contributed by atoms with E-state index in [9.17, 15) is 10.2 Å². The van der Waals surface area contributed by atoms with Crippen molar-refractivity contribution in [2.75, 3.05) is 6.61 Å². The lowest BCUT2D eigenvalue weighted by Gasteiger charge is -2.11. The molecular formula is C18H19N3O3. The van der Waals surface area contributed by atoms with Gasteiger partial charge < -0.3 is 14.9 Å². The second-order valence-corrected chi connectivity index (χ2v) is 6.00. The molecule has 0 radical (unpaired) electrons. The van der Waals surface area contributed by atoms with Crippen molar-refractivity contribution in [1.29, 1.82) is 0 Å². The Morgan fingerprint density at radius 2 is 1.83 bits per heavy atom. The summed E-state index contributed by atoms with van der Waals surface area (Å²) in [6.07, 6.45) is -0.297. The summed E-state index contributed by atoms with van der Waals surface area (Å²) in [5.74, 6) is 0.224. The molecule has 4 rings (SSSR count). The van der Waals surface area contributed by atoms with Crippen LogP contribution in [0.4, 0.5) is 0 Å². The third-order valence-corrected chi connectivity index (χ3v) is 4.16. The average Bonchev–Trinajstić information content (AvgIpc) is 3.22. The summed E-state index contributed by atoms with van der Waals surface area (Å²) in [5, 5.41) is 19.8. The number of nitrogens with zero attached hydrogens (tertiary/aromatic N) is 3. The van der Waals surface area contributed by atoms with Gasteiger partial charge in [-0.25, -0.2) is 0 Å². The van der Waals surface area contributed by atoms with Crippen LogP contribution in [-0.2, 0) is 11.2 Å². The Morgan fingerprint density at radius 1 is 1.17 bits per heavy atom. The van der Waals surface area contributed by atoms with E-state index in [1.165, 1.54) is 0 Å². The van der Waals surface area contributed by atoms with Crippen LogP contribution < -0.4 is 0 Å². The number of ether oxygens (including phenoxy) is 1. The summed E-state index contributed by atoms with van der Waals surface area (Å²) in [7, 11) is 0. The third kappa shape index (κ3) is 2.28. The Labute approximate surface area is 138 Å². The summed E-state index contributed by atoms with van der Waals surface area (Å²) < 4.78 is 9.31. The zero-order chi connectivity index (χ0) is 16.8. The molecule has 2 heterocycles. The van der Waals surface area contributed by atoms with E-state index in [1.54, 1.807) is 13.0 Å². The predicted molar refractivity (Wildman–Crippen MR) is 91.0 cm³/mol. The number of aromatic nitrogens is 3. The van der Waals surface area contributed by atoms with Gasteiger partial charge in [-0.1, -0.05) is 24.8 Å². The number of para-hydroxylation sites is 2. The van der Waals surface area contributed by atoms with Gasteiger partial charge in [0.25, 0.3) is 0 Å². The molecule has 6 heteroatoms. The molecule has 0 fully saturated rings. The average molecular weight is 325 g/mol. The fraction of sp³-hybridized carbons (Fsp3) is 0.222. The Balaban J connectivity index is 1.56. The van der Waals surface area contributed by atoms with E-state index in [4.69, 9.17) is 4.74 Å². The first-order valence-corrected chi connectivity index (χ1v) is 7.84. The molecule has 0 saturated carbocycles. The number of hydrogen-bond acceptors (Lipinski definition) is 3. The molecule has 0 spiro atoms. The lowest BCUT2D eigenvalue weighted by molar-refractivity contribution is -0.0705. The maximum atomic E-state index is 10.2. The number of rotatable bonds is 6. The summed E-state index contributed by atoms with van der Waals surface area (Å²) in [5.41, 5.74) is 4.57. The molecule has 1 atom stereocenters. The third-order valence-electron chi connectivity index (χ3n) is 4.16. The number of aliphatic hydroxyl groups excluding tert-OH is 1. The van der Waals surface area contributed by atoms with Crippen LogP contribution >= 0.6 is 0 Å². The molecule has 6 nitrogen and oxygen atoms in total. The van der Waals surface area contributed by atoms with E-state index >= 15 is 0 Å². The maximum absolute atomic E-state index is 10.2. The van der Waals surface area contributed by atoms with Crippen molar-refractivity contribution >= 4 is 11.0 Å². The topological polar surface area (TPSA) is 63.4 Å². The second kappa shape index (κ2) is 5.43. The molecule has 0 saturated heterocycles. The molecule has 24 heavy (non-hydrogen) atoms. The molecule has 2 aromatic heterocycles. The molecule has 2 N–H and O–H groups in total. The summed E-state index contributed by atoms with van der Waals surface area (Å²) >= 11 is 0. The standard InChI is InChI=1S/C18H19N3O3/c1-12(2)18(23)24-10-9-13-7-8-17(22)16(11-13)21-19-14-5-3-4-6-15(14)20(19)21/h3-8,11,18,22-23H,1,9-10H2,2H3. The molecule has 2 aromatic carbocycles. The molecule has 0 aliphatic rings. The molecule has 1 unspecified atom stereocenters. The van der Waals surface area contributed by atoms with Crippen LogP contribution in [0.1, 0.15) is 12.5 Å². The van der Waals surface area contributed by atoms with E-state index in [2.05, 4.69) is 6.58 Å². The number of aromatic hydroxyl groups is 1. The Kier molecular flexibility index (Phi) is 3.37. The van der Waals surface area contributed by atoms with Crippen molar-refractivity contribution in [3.8, 4) is 11.4 Å². The largest absolute Gasteiger partial charge is 0.506 e. The molecule has 0 amide bonds. The zero-order valence-corrected chi connectivity index (χ0v) is 13.4. The molecule has 0 aliphatic heterocycles. The van der Waals surface area contributed by atoms with Gasteiger partial charge in [-0.2, -0.15) is 0 Å². The van der Waals surface area contributed by atoms with Crippen LogP contribution in [0.15, 0.2) is 54.6 Å². The first-order chi connectivity index (χ1) is 11.6. The number of phenolic OH excluding ortho intramolecular Hbond substituents is 1. The quantitative estimate of drug-likeness (QED) is 0.423. The van der Waals surface area contributed by atoms with Gasteiger partial charge in [0.1, 0.15) is 22.5 Å². The van der Waals surface area contributed by atoms with Gasteiger partial charge >= 0.3 is 0 Å². The SMILES string of the molecule is C=C(C)C(O)OCCc1ccc(O)c(-n2n3c4ccccc4n23)c1. The van der Waals surface area contributed by atoms with Crippen molar-refractivity contribution in [3.05, 3.63) is 60.2 Å². The van der Waals surface area contributed by atoms with Gasteiger partial charge in [-0.05, 0) is 48.7 Å². The fourth-order valence-electron chi connectivity index (χ4n) is 2.81. The highest BCUT2D eigenvalue weighted by Crippen LogP contribution is 2.30. The highest BCUT2D eigenvalue weighted by atomic mass is 16.6. The van der Waals surface area contributed by atoms with Crippen molar-refractivity contribution < 1.29 is 14.9 Å². The molecular weight excluding hydrogens is 306 g/mol. The Hall–Kier alpha value is -2.70. The zero-order valence-electron chi connectivity index (χ0n) is 13.4. The second-order valence-electron chi connectivity index (χ2n) is 6.00. The molecule has 124 valence electrons. The highest BCUT2D eigenvalue weighted by molar-refractivity contribution is 5.79. The van der Waals surface area contributed by atoms with Crippen LogP contribution in [0.25, 0.3) is 16.7 Å². The van der Waals surface area contributed by atoms with E-state index < -0.39 is 6.29 Å². The number of hydrogen-bond donors (Lipinski definition) is 2. The van der Waals surface area contributed by atoms with Crippen molar-refractivity contribution in [2.45, 2.75) is 19.6 Å². The van der Waals surface area contributed by atoms with Gasteiger partial charge in [0, 0.05) is 0 Å². The minimum atomic E-state index is -0.934. The lowest BCUT2D eigenvalue weighted by atomic mass is 10.1. The van der Waals surface area contributed by atoms with Crippen molar-refractivity contribution in [3.63, 3.8) is 0 Å². The minimum Gasteiger partial charge on any atom is -0.506 e. The van der Waals surface area contributed by atoms with E-state index in [0.29, 0.717) is 18.6 Å². The maximum Gasteiger partial charge on any atom is 0.176 e. The summed E-state index contributed by atoms with van der Waals surface area (Å²) in [4.78, 5) is 1.92. The Morgan fingerprint density at radius 3 is 2.46 bits per heavy atom. The van der Waals surface area contributed by atoms with Crippen LogP contribution in [0.5, 0.6) is 5.75 Å². The van der Waals surface area contributed by atoms with Crippen LogP contribution in [0.3, 0.4) is 0 Å². The monoisotopic (exact) mass is 325 g/mol. The van der Waals surface area contributed by atoms with Gasteiger partial charge in [-0.3, -0.25) is 0 Å². The Bertz CT molecular complexity index is 966. The number of benzene rings is 2. The van der Waals surface area contributed by atoms with Crippen molar-refractivity contribution in [2.24, 2.45) is 0 Å². The predicted octanol–water partition coefficient (Wildman–Crippen LogP) is 2.58. The summed E-state index contributed by atoms with van der Waals surface area (Å²) in [6.45, 7) is 5.76. The lowest BCUT2D eigenvalue weighted by Crippen LogP contribution is -2.14. The first kappa shape index (κ1) is 14.9. The van der Waals surface area contributed by atoms with E-state index in [0.717, 1.165) is 22.3 Å². The van der Waals surface area contributed by atoms with Gasteiger partial charge in [-0.15, -0.1) is 14.1 Å². The number of fused-ring (bicyclic) bond motifs is 4. The van der Waals surface area contributed by atoms with Gasteiger partial charge in [0.05, 0.1) is 6.61 Å². The number of aliphatic hydroxyl groups is 1. The minimum absolute atomic E-state index is 0.224. The van der Waals surface area contributed by atoms with Gasteiger partial charge in [0.2, 0.25) is 0 Å². The molecule has 4 aromatic rings. The molecule has 0 aliphatic carbocycles. The van der Waals surface area contributed by atoms with Crippen LogP contribution in [0.2, 0.25) is 0 Å². The number of phenols is 1. The summed E-state index contributed by atoms with van der Waals surface area (Å²) in [6, 6.07) is 13.5. The first-order valence-electron chi connectivity index (χ1n) is 7.84. The molecule has 0 bridgehead atoms. The van der Waals surface area contributed by atoms with Gasteiger partial charge in [0.15, 0.2) is 6.29 Å². The normalized spacial score (nSPS) is 13.2. The van der Waals surface area contributed by atoms with Crippen LogP contribution in [0, 0.1) is 0 Å². The fourth-order valence-corrected chi connectivity index (χ4v) is 2.81. The van der Waals surface area contributed by atoms with E-state index in [1.807, 2.05) is 50.5 Å². The van der Waals surface area contributed by atoms with Crippen LogP contribution in [-0.4, -0.2) is 37.2 Å². The smallest absolute Gasteiger partial charge is 0.176 e. The highest BCUT2D eigenvalue weighted by Gasteiger charge is 2.25.